The maximum Gasteiger partial charge on any atom is 0.309 e. The van der Waals surface area contributed by atoms with Crippen LogP contribution < -0.4 is 5.32 Å². The van der Waals surface area contributed by atoms with Gasteiger partial charge in [0, 0.05) is 13.1 Å². The molecule has 3 heteroatoms. The second-order valence-electron chi connectivity index (χ2n) is 2.01. The van der Waals surface area contributed by atoms with Crippen LogP contribution in [0.4, 0.5) is 0 Å². The predicted molar refractivity (Wildman–Crippen MR) is 41.3 cm³/mol. The van der Waals surface area contributed by atoms with E-state index in [1.54, 1.807) is 18.4 Å². The van der Waals surface area contributed by atoms with Crippen LogP contribution in [0, 0.1) is 0 Å². The summed E-state index contributed by atoms with van der Waals surface area (Å²) < 4.78 is 4.78. The van der Waals surface area contributed by atoms with E-state index in [2.05, 4.69) is 5.32 Å². The van der Waals surface area contributed by atoms with Gasteiger partial charge in [0.2, 0.25) is 5.88 Å². The minimum atomic E-state index is -0.326. The molecule has 1 heterocycles. The van der Waals surface area contributed by atoms with Crippen LogP contribution in [-0.2, 0) is 9.53 Å². The molecule has 1 N–H and O–H groups in total. The highest BCUT2D eigenvalue weighted by Crippen LogP contribution is 1.97. The van der Waals surface area contributed by atoms with Gasteiger partial charge in [-0.1, -0.05) is 12.2 Å². The van der Waals surface area contributed by atoms with Crippen molar-refractivity contribution in [2.45, 2.75) is 6.92 Å². The fraction of sp³-hybridized carbons (Fsp3) is 0.125. The predicted octanol–water partition coefficient (Wildman–Crippen LogP) is 1.06. The summed E-state index contributed by atoms with van der Waals surface area (Å²) >= 11 is 0. The molecule has 11 heavy (non-hydrogen) atoms. The molecule has 0 aromatic heterocycles. The molecule has 0 atom stereocenters. The van der Waals surface area contributed by atoms with E-state index in [-0.39, 0.29) is 5.97 Å². The number of esters is 1. The van der Waals surface area contributed by atoms with Crippen LogP contribution in [0.25, 0.3) is 0 Å². The van der Waals surface area contributed by atoms with Gasteiger partial charge in [0.15, 0.2) is 0 Å². The van der Waals surface area contributed by atoms with Gasteiger partial charge in [-0.25, -0.2) is 0 Å². The first-order valence-electron chi connectivity index (χ1n) is 3.27. The maximum absolute atomic E-state index is 10.5. The van der Waals surface area contributed by atoms with Crippen LogP contribution in [0.15, 0.2) is 36.4 Å². The lowest BCUT2D eigenvalue weighted by molar-refractivity contribution is -0.137. The maximum atomic E-state index is 10.5. The van der Waals surface area contributed by atoms with Crippen molar-refractivity contribution in [3.05, 3.63) is 36.4 Å². The van der Waals surface area contributed by atoms with Crippen molar-refractivity contribution in [1.29, 1.82) is 0 Å². The van der Waals surface area contributed by atoms with Crippen LogP contribution in [-0.4, -0.2) is 5.97 Å². The second-order valence-corrected chi connectivity index (χ2v) is 2.01. The Balaban J connectivity index is 2.57. The van der Waals surface area contributed by atoms with Gasteiger partial charge in [0.1, 0.15) is 0 Å². The van der Waals surface area contributed by atoms with E-state index in [9.17, 15) is 4.79 Å². The number of hydrogen-bond donors (Lipinski definition) is 1. The molecule has 0 aliphatic carbocycles. The highest BCUT2D eigenvalue weighted by molar-refractivity contribution is 5.67. The minimum absolute atomic E-state index is 0.326. The highest BCUT2D eigenvalue weighted by atomic mass is 16.5. The molecule has 3 nitrogen and oxygen atoms in total. The second kappa shape index (κ2) is 3.61. The molecule has 0 spiro atoms. The topological polar surface area (TPSA) is 38.3 Å². The largest absolute Gasteiger partial charge is 0.410 e. The molecule has 0 aromatic carbocycles. The van der Waals surface area contributed by atoms with Crippen LogP contribution in [0.5, 0.6) is 0 Å². The summed E-state index contributed by atoms with van der Waals surface area (Å²) in [5.74, 6) is 0.120. The molecule has 0 bridgehead atoms. The standard InChI is InChI=1S/C8H9NO2/c1-7(10)11-8-5-3-2-4-6-9-8/h2-6,9H,1H3. The first-order valence-corrected chi connectivity index (χ1v) is 3.27. The Bertz CT molecular complexity index is 238. The molecule has 1 rings (SSSR count). The Morgan fingerprint density at radius 2 is 2.27 bits per heavy atom. The summed E-state index contributed by atoms with van der Waals surface area (Å²) in [7, 11) is 0. The van der Waals surface area contributed by atoms with Crippen molar-refractivity contribution in [3.63, 3.8) is 0 Å². The molecule has 0 radical (unpaired) electrons. The molecule has 1 aliphatic rings. The summed E-state index contributed by atoms with van der Waals surface area (Å²) in [5, 5.41) is 2.79. The number of nitrogens with one attached hydrogen (secondary N) is 1. The van der Waals surface area contributed by atoms with Crippen molar-refractivity contribution < 1.29 is 9.53 Å². The van der Waals surface area contributed by atoms with E-state index in [0.717, 1.165) is 0 Å². The number of allylic oxidation sites excluding steroid dienone is 4. The zero-order valence-corrected chi connectivity index (χ0v) is 6.20. The van der Waals surface area contributed by atoms with E-state index in [4.69, 9.17) is 4.74 Å². The van der Waals surface area contributed by atoms with E-state index >= 15 is 0 Å². The number of carbonyl (C=O) groups is 1. The van der Waals surface area contributed by atoms with Gasteiger partial charge >= 0.3 is 5.97 Å². The first-order chi connectivity index (χ1) is 5.29. The normalized spacial score (nSPS) is 14.8. The van der Waals surface area contributed by atoms with E-state index in [1.807, 2.05) is 12.2 Å². The lowest BCUT2D eigenvalue weighted by Gasteiger charge is -2.03. The van der Waals surface area contributed by atoms with Crippen molar-refractivity contribution >= 4 is 5.97 Å². The molecule has 0 amide bonds. The SMILES string of the molecule is CC(=O)OC1=CC=CC=CN1. The Labute approximate surface area is 65.0 Å². The summed E-state index contributed by atoms with van der Waals surface area (Å²) in [6.45, 7) is 1.36. The van der Waals surface area contributed by atoms with Crippen molar-refractivity contribution in [2.75, 3.05) is 0 Å². The average molecular weight is 151 g/mol. The van der Waals surface area contributed by atoms with Gasteiger partial charge < -0.3 is 10.1 Å². The van der Waals surface area contributed by atoms with Crippen LogP contribution in [0.1, 0.15) is 6.92 Å². The molecule has 0 fully saturated rings. The summed E-state index contributed by atoms with van der Waals surface area (Å²) in [4.78, 5) is 10.5. The Kier molecular flexibility index (Phi) is 2.49. The third kappa shape index (κ3) is 2.71. The fourth-order valence-corrected chi connectivity index (χ4v) is 0.659. The lowest BCUT2D eigenvalue weighted by Crippen LogP contribution is -2.10. The van der Waals surface area contributed by atoms with Crippen molar-refractivity contribution in [2.24, 2.45) is 0 Å². The third-order valence-corrected chi connectivity index (χ3v) is 1.05. The first kappa shape index (κ1) is 7.60. The summed E-state index contributed by atoms with van der Waals surface area (Å²) in [6, 6.07) is 0. The molecule has 0 saturated heterocycles. The van der Waals surface area contributed by atoms with Gasteiger partial charge in [-0.15, -0.1) is 0 Å². The van der Waals surface area contributed by atoms with Crippen molar-refractivity contribution in [3.8, 4) is 0 Å². The number of ether oxygens (including phenoxy) is 1. The zero-order chi connectivity index (χ0) is 8.10. The van der Waals surface area contributed by atoms with Gasteiger partial charge in [0.25, 0.3) is 0 Å². The quantitative estimate of drug-likeness (QED) is 0.569. The lowest BCUT2D eigenvalue weighted by atomic mass is 10.5. The zero-order valence-electron chi connectivity index (χ0n) is 6.20. The summed E-state index contributed by atoms with van der Waals surface area (Å²) in [5.41, 5.74) is 0. The van der Waals surface area contributed by atoms with Gasteiger partial charge in [-0.05, 0) is 12.2 Å². The van der Waals surface area contributed by atoms with E-state index in [0.29, 0.717) is 5.88 Å². The minimum Gasteiger partial charge on any atom is -0.410 e. The monoisotopic (exact) mass is 151 g/mol. The van der Waals surface area contributed by atoms with Crippen LogP contribution >= 0.6 is 0 Å². The fourth-order valence-electron chi connectivity index (χ4n) is 0.659. The Morgan fingerprint density at radius 3 is 3.00 bits per heavy atom. The van der Waals surface area contributed by atoms with Gasteiger partial charge in [0.05, 0.1) is 0 Å². The molecule has 1 aliphatic heterocycles. The number of hydrogen-bond acceptors (Lipinski definition) is 3. The number of carbonyl (C=O) groups excluding carboxylic acids is 1. The summed E-state index contributed by atoms with van der Waals surface area (Å²) in [6.07, 6.45) is 8.81. The number of rotatable bonds is 1. The third-order valence-electron chi connectivity index (χ3n) is 1.05. The molecule has 0 aromatic rings. The van der Waals surface area contributed by atoms with Crippen LogP contribution in [0.2, 0.25) is 0 Å². The molecule has 0 unspecified atom stereocenters. The highest BCUT2D eigenvalue weighted by Gasteiger charge is 1.98. The molecular formula is C8H9NO2. The van der Waals surface area contributed by atoms with Gasteiger partial charge in [-0.3, -0.25) is 4.79 Å². The van der Waals surface area contributed by atoms with Gasteiger partial charge in [-0.2, -0.15) is 0 Å². The van der Waals surface area contributed by atoms with E-state index in [1.165, 1.54) is 6.92 Å². The average Bonchev–Trinajstić information content (AvgIpc) is 2.14. The van der Waals surface area contributed by atoms with E-state index < -0.39 is 0 Å². The van der Waals surface area contributed by atoms with Crippen LogP contribution in [0.3, 0.4) is 0 Å². The Morgan fingerprint density at radius 1 is 1.45 bits per heavy atom. The smallest absolute Gasteiger partial charge is 0.309 e. The van der Waals surface area contributed by atoms with Crippen molar-refractivity contribution in [1.82, 2.24) is 5.32 Å². The molecule has 58 valence electrons. The molecule has 0 saturated carbocycles. The molecular weight excluding hydrogens is 142 g/mol. The Hall–Kier alpha value is -1.51.